The van der Waals surface area contributed by atoms with E-state index >= 15 is 0 Å². The summed E-state index contributed by atoms with van der Waals surface area (Å²) in [6.45, 7) is 0. The minimum atomic E-state index is -0.987. The second-order valence-corrected chi connectivity index (χ2v) is 4.37. The van der Waals surface area contributed by atoms with E-state index in [-0.39, 0.29) is 16.6 Å². The largest absolute Gasteiger partial charge is 0.478 e. The van der Waals surface area contributed by atoms with E-state index in [1.165, 1.54) is 12.1 Å². The summed E-state index contributed by atoms with van der Waals surface area (Å²) < 4.78 is 0. The number of hydrogen-bond donors (Lipinski definition) is 3. The second kappa shape index (κ2) is 4.42. The monoisotopic (exact) mass is 248 g/mol. The maximum absolute atomic E-state index is 11.3. The molecule has 0 bridgehead atoms. The Morgan fingerprint density at radius 1 is 1.35 bits per heavy atom. The third kappa shape index (κ3) is 2.54. The zero-order valence-corrected chi connectivity index (χ0v) is 9.38. The number of nitrogens with one attached hydrogen (secondary N) is 2. The summed E-state index contributed by atoms with van der Waals surface area (Å²) in [7, 11) is 0. The number of amidine groups is 1. The highest BCUT2D eigenvalue weighted by atomic mass is 32.2. The van der Waals surface area contributed by atoms with E-state index < -0.39 is 5.97 Å². The van der Waals surface area contributed by atoms with Gasteiger partial charge in [-0.25, -0.2) is 4.79 Å². The predicted molar refractivity (Wildman–Crippen MR) is 64.8 cm³/mol. The van der Waals surface area contributed by atoms with Gasteiger partial charge in [-0.2, -0.15) is 0 Å². The first-order valence-corrected chi connectivity index (χ1v) is 5.51. The highest BCUT2D eigenvalue weighted by Gasteiger charge is 2.21. The van der Waals surface area contributed by atoms with Crippen LogP contribution in [0.2, 0.25) is 0 Å². The molecule has 2 rings (SSSR count). The zero-order valence-electron chi connectivity index (χ0n) is 8.56. The molecule has 0 atom stereocenters. The van der Waals surface area contributed by atoms with Gasteiger partial charge in [0, 0.05) is 0 Å². The third-order valence-corrected chi connectivity index (χ3v) is 2.95. The second-order valence-electron chi connectivity index (χ2n) is 3.32. The van der Waals surface area contributed by atoms with Crippen LogP contribution >= 0.6 is 11.8 Å². The van der Waals surface area contributed by atoms with E-state index in [1.54, 1.807) is 18.2 Å². The molecule has 0 saturated carbocycles. The Hall–Kier alpha value is -2.08. The summed E-state index contributed by atoms with van der Waals surface area (Å²) in [4.78, 5) is 22.4. The van der Waals surface area contributed by atoms with Gasteiger partial charge < -0.3 is 10.4 Å². The fraction of sp³-hybridized carbons (Fsp3) is 0. The van der Waals surface area contributed by atoms with Crippen molar-refractivity contribution in [2.24, 2.45) is 0 Å². The van der Waals surface area contributed by atoms with Crippen LogP contribution in [0.3, 0.4) is 0 Å². The molecule has 0 spiro atoms. The van der Waals surface area contributed by atoms with E-state index in [1.807, 2.05) is 0 Å². The SMILES string of the molecule is N=C1NC(=O)/C(=C\c2ccc(C(=O)O)cc2)S1. The molecule has 0 aromatic heterocycles. The Morgan fingerprint density at radius 3 is 2.47 bits per heavy atom. The molecule has 17 heavy (non-hydrogen) atoms. The van der Waals surface area contributed by atoms with Crippen LogP contribution in [0.25, 0.3) is 6.08 Å². The van der Waals surface area contributed by atoms with Crippen molar-refractivity contribution >= 4 is 34.9 Å². The Labute approximate surface area is 101 Å². The van der Waals surface area contributed by atoms with Gasteiger partial charge in [-0.1, -0.05) is 12.1 Å². The van der Waals surface area contributed by atoms with Crippen LogP contribution < -0.4 is 5.32 Å². The Bertz CT molecular complexity index is 534. The van der Waals surface area contributed by atoms with Gasteiger partial charge >= 0.3 is 5.97 Å². The minimum Gasteiger partial charge on any atom is -0.478 e. The number of carboxylic acid groups (broad SMARTS) is 1. The van der Waals surface area contributed by atoms with Crippen LogP contribution in [0.5, 0.6) is 0 Å². The van der Waals surface area contributed by atoms with Crippen LogP contribution in [0, 0.1) is 5.41 Å². The molecule has 86 valence electrons. The zero-order chi connectivity index (χ0) is 12.4. The highest BCUT2D eigenvalue weighted by molar-refractivity contribution is 8.18. The molecule has 0 aliphatic carbocycles. The lowest BCUT2D eigenvalue weighted by Crippen LogP contribution is -2.18. The van der Waals surface area contributed by atoms with Gasteiger partial charge in [0.1, 0.15) is 0 Å². The van der Waals surface area contributed by atoms with Crippen molar-refractivity contribution in [1.29, 1.82) is 5.41 Å². The average molecular weight is 248 g/mol. The van der Waals surface area contributed by atoms with E-state index in [9.17, 15) is 9.59 Å². The number of thioether (sulfide) groups is 1. The van der Waals surface area contributed by atoms with Gasteiger partial charge in [0.15, 0.2) is 5.17 Å². The van der Waals surface area contributed by atoms with Crippen LogP contribution in [-0.2, 0) is 4.79 Å². The normalized spacial score (nSPS) is 17.3. The number of carbonyl (C=O) groups excluding carboxylic acids is 1. The Morgan fingerprint density at radius 2 is 2.00 bits per heavy atom. The number of carboxylic acids is 1. The number of aromatic carboxylic acids is 1. The summed E-state index contributed by atoms with van der Waals surface area (Å²) >= 11 is 1.05. The number of carbonyl (C=O) groups is 2. The molecule has 1 aliphatic heterocycles. The highest BCUT2D eigenvalue weighted by Crippen LogP contribution is 2.24. The third-order valence-electron chi connectivity index (χ3n) is 2.12. The Kier molecular flexibility index (Phi) is 2.97. The fourth-order valence-electron chi connectivity index (χ4n) is 1.31. The van der Waals surface area contributed by atoms with E-state index in [0.29, 0.717) is 4.91 Å². The van der Waals surface area contributed by atoms with E-state index in [4.69, 9.17) is 10.5 Å². The van der Waals surface area contributed by atoms with Crippen molar-refractivity contribution in [1.82, 2.24) is 5.32 Å². The first-order chi connectivity index (χ1) is 8.06. The van der Waals surface area contributed by atoms with Crippen molar-refractivity contribution in [3.8, 4) is 0 Å². The quantitative estimate of drug-likeness (QED) is 0.692. The first kappa shape index (κ1) is 11.4. The summed E-state index contributed by atoms with van der Waals surface area (Å²) in [6, 6.07) is 6.17. The van der Waals surface area contributed by atoms with Crippen LogP contribution in [0.4, 0.5) is 0 Å². The van der Waals surface area contributed by atoms with Gasteiger partial charge in [0.25, 0.3) is 5.91 Å². The molecule has 1 aromatic rings. The first-order valence-electron chi connectivity index (χ1n) is 4.69. The molecule has 1 aliphatic rings. The van der Waals surface area contributed by atoms with Gasteiger partial charge in [-0.05, 0) is 35.5 Å². The number of benzene rings is 1. The smallest absolute Gasteiger partial charge is 0.335 e. The topological polar surface area (TPSA) is 90.3 Å². The van der Waals surface area contributed by atoms with Crippen molar-refractivity contribution < 1.29 is 14.7 Å². The van der Waals surface area contributed by atoms with E-state index in [2.05, 4.69) is 5.32 Å². The van der Waals surface area contributed by atoms with Gasteiger partial charge in [-0.3, -0.25) is 10.2 Å². The fourth-order valence-corrected chi connectivity index (χ4v) is 2.02. The lowest BCUT2D eigenvalue weighted by Gasteiger charge is -1.96. The average Bonchev–Trinajstić information content (AvgIpc) is 2.58. The van der Waals surface area contributed by atoms with Crippen molar-refractivity contribution in [3.63, 3.8) is 0 Å². The lowest BCUT2D eigenvalue weighted by molar-refractivity contribution is -0.115. The van der Waals surface area contributed by atoms with Crippen molar-refractivity contribution in [3.05, 3.63) is 40.3 Å². The molecule has 5 nitrogen and oxygen atoms in total. The van der Waals surface area contributed by atoms with Crippen molar-refractivity contribution in [2.75, 3.05) is 0 Å². The number of rotatable bonds is 2. The minimum absolute atomic E-state index is 0.100. The van der Waals surface area contributed by atoms with Crippen LogP contribution in [0.15, 0.2) is 29.2 Å². The maximum atomic E-state index is 11.3. The number of amides is 1. The molecule has 0 radical (unpaired) electrons. The summed E-state index contributed by atoms with van der Waals surface area (Å²) in [5.74, 6) is -1.29. The van der Waals surface area contributed by atoms with Crippen LogP contribution in [-0.4, -0.2) is 22.2 Å². The summed E-state index contributed by atoms with van der Waals surface area (Å²) in [5.41, 5.74) is 0.922. The molecule has 1 fully saturated rings. The van der Waals surface area contributed by atoms with Gasteiger partial charge in [-0.15, -0.1) is 0 Å². The standard InChI is InChI=1S/C11H8N2O3S/c12-11-13-9(14)8(17-11)5-6-1-3-7(4-2-6)10(15)16/h1-5H,(H,15,16)(H2,12,13,14)/b8-5+. The maximum Gasteiger partial charge on any atom is 0.335 e. The molecule has 0 unspecified atom stereocenters. The van der Waals surface area contributed by atoms with Crippen LogP contribution in [0.1, 0.15) is 15.9 Å². The molecule has 3 N–H and O–H groups in total. The van der Waals surface area contributed by atoms with Crippen molar-refractivity contribution in [2.45, 2.75) is 0 Å². The number of hydrogen-bond acceptors (Lipinski definition) is 4. The van der Waals surface area contributed by atoms with Gasteiger partial charge in [0.2, 0.25) is 0 Å². The molecule has 1 amide bonds. The molecule has 1 saturated heterocycles. The predicted octanol–water partition coefficient (Wildman–Crippen LogP) is 1.52. The van der Waals surface area contributed by atoms with E-state index in [0.717, 1.165) is 17.3 Å². The molecular weight excluding hydrogens is 240 g/mol. The Balaban J connectivity index is 2.24. The molecular formula is C11H8N2O3S. The molecule has 6 heteroatoms. The van der Waals surface area contributed by atoms with Gasteiger partial charge in [0.05, 0.1) is 10.5 Å². The lowest BCUT2D eigenvalue weighted by atomic mass is 10.1. The molecule has 1 aromatic carbocycles. The summed E-state index contributed by atoms with van der Waals surface area (Å²) in [6.07, 6.45) is 1.62. The summed E-state index contributed by atoms with van der Waals surface area (Å²) in [5, 5.41) is 18.5. The molecule has 1 heterocycles.